The van der Waals surface area contributed by atoms with Crippen LogP contribution in [0.25, 0.3) is 10.8 Å². The van der Waals surface area contributed by atoms with Gasteiger partial charge in [-0.25, -0.2) is 0 Å². The maximum atomic E-state index is 5.96. The van der Waals surface area contributed by atoms with Crippen molar-refractivity contribution in [2.45, 2.75) is 31.7 Å². The van der Waals surface area contributed by atoms with E-state index in [-0.39, 0.29) is 0 Å². The quantitative estimate of drug-likeness (QED) is 0.655. The Morgan fingerprint density at radius 2 is 1.85 bits per heavy atom. The van der Waals surface area contributed by atoms with Crippen LogP contribution in [0.15, 0.2) is 42.5 Å². The molecule has 4 rings (SSSR count). The molecular formula is C18H22N2. The third-order valence-electron chi connectivity index (χ3n) is 5.56. The Hall–Kier alpha value is -1.38. The van der Waals surface area contributed by atoms with Crippen LogP contribution >= 0.6 is 0 Å². The molecule has 2 fully saturated rings. The lowest BCUT2D eigenvalue weighted by molar-refractivity contribution is 0.253. The molecule has 0 saturated heterocycles. The fourth-order valence-corrected chi connectivity index (χ4v) is 4.67. The summed E-state index contributed by atoms with van der Waals surface area (Å²) in [6, 6.07) is 15.5. The number of fused-ring (bicyclic) bond motifs is 3. The molecule has 0 amide bonds. The topological polar surface area (TPSA) is 38.0 Å². The Balaban J connectivity index is 1.76. The van der Waals surface area contributed by atoms with Crippen molar-refractivity contribution >= 4 is 10.8 Å². The summed E-state index contributed by atoms with van der Waals surface area (Å²) in [5.74, 6) is 8.50. The van der Waals surface area contributed by atoms with E-state index in [0.717, 1.165) is 11.8 Å². The summed E-state index contributed by atoms with van der Waals surface area (Å²) < 4.78 is 0. The Morgan fingerprint density at radius 3 is 2.60 bits per heavy atom. The van der Waals surface area contributed by atoms with E-state index in [9.17, 15) is 0 Å². The van der Waals surface area contributed by atoms with Crippen molar-refractivity contribution in [3.8, 4) is 0 Å². The molecule has 3 N–H and O–H groups in total. The minimum Gasteiger partial charge on any atom is -0.271 e. The van der Waals surface area contributed by atoms with Crippen LogP contribution in [0.4, 0.5) is 0 Å². The molecule has 2 nitrogen and oxygen atoms in total. The molecule has 2 aromatic carbocycles. The van der Waals surface area contributed by atoms with Gasteiger partial charge < -0.3 is 0 Å². The van der Waals surface area contributed by atoms with Gasteiger partial charge in [0.15, 0.2) is 0 Å². The highest BCUT2D eigenvalue weighted by Gasteiger charge is 2.43. The van der Waals surface area contributed by atoms with Crippen LogP contribution in [0, 0.1) is 17.8 Å². The largest absolute Gasteiger partial charge is 0.271 e. The third kappa shape index (κ3) is 1.87. The smallest absolute Gasteiger partial charge is 0.0497 e. The predicted molar refractivity (Wildman–Crippen MR) is 83.0 cm³/mol. The van der Waals surface area contributed by atoms with Crippen molar-refractivity contribution in [1.82, 2.24) is 5.43 Å². The van der Waals surface area contributed by atoms with Crippen molar-refractivity contribution in [2.24, 2.45) is 23.6 Å². The monoisotopic (exact) mass is 266 g/mol. The van der Waals surface area contributed by atoms with Crippen LogP contribution in [-0.4, -0.2) is 0 Å². The normalized spacial score (nSPS) is 29.9. The van der Waals surface area contributed by atoms with Crippen molar-refractivity contribution in [1.29, 1.82) is 0 Å². The van der Waals surface area contributed by atoms with Gasteiger partial charge in [-0.1, -0.05) is 48.9 Å². The van der Waals surface area contributed by atoms with E-state index in [1.807, 2.05) is 0 Å². The van der Waals surface area contributed by atoms with E-state index in [0.29, 0.717) is 12.0 Å². The second-order valence-electron chi connectivity index (χ2n) is 6.55. The molecule has 0 heterocycles. The molecule has 0 aromatic heterocycles. The van der Waals surface area contributed by atoms with Crippen LogP contribution < -0.4 is 11.3 Å². The Morgan fingerprint density at radius 1 is 1.00 bits per heavy atom. The van der Waals surface area contributed by atoms with E-state index in [1.165, 1.54) is 42.0 Å². The summed E-state index contributed by atoms with van der Waals surface area (Å²) in [6.07, 6.45) is 5.61. The van der Waals surface area contributed by atoms with Crippen LogP contribution in [0.1, 0.15) is 37.3 Å². The summed E-state index contributed by atoms with van der Waals surface area (Å²) in [7, 11) is 0. The van der Waals surface area contributed by atoms with Crippen LogP contribution in [0.5, 0.6) is 0 Å². The first-order valence-electron chi connectivity index (χ1n) is 7.80. The van der Waals surface area contributed by atoms with Crippen LogP contribution in [-0.2, 0) is 0 Å². The van der Waals surface area contributed by atoms with Crippen molar-refractivity contribution in [3.05, 3.63) is 48.0 Å². The number of hydrogen-bond acceptors (Lipinski definition) is 2. The van der Waals surface area contributed by atoms with Gasteiger partial charge in [0, 0.05) is 6.04 Å². The molecule has 0 spiro atoms. The number of benzene rings is 2. The van der Waals surface area contributed by atoms with Gasteiger partial charge in [-0.3, -0.25) is 11.3 Å². The van der Waals surface area contributed by atoms with Crippen LogP contribution in [0.2, 0.25) is 0 Å². The maximum absolute atomic E-state index is 5.96. The zero-order chi connectivity index (χ0) is 13.5. The van der Waals surface area contributed by atoms with E-state index in [2.05, 4.69) is 47.9 Å². The highest BCUT2D eigenvalue weighted by Crippen LogP contribution is 2.52. The summed E-state index contributed by atoms with van der Waals surface area (Å²) in [4.78, 5) is 0. The van der Waals surface area contributed by atoms with E-state index >= 15 is 0 Å². The summed E-state index contributed by atoms with van der Waals surface area (Å²) in [5, 5.41) is 2.66. The van der Waals surface area contributed by atoms with Gasteiger partial charge in [-0.15, -0.1) is 0 Å². The minimum atomic E-state index is 0.302. The summed E-state index contributed by atoms with van der Waals surface area (Å²) >= 11 is 0. The molecule has 2 saturated carbocycles. The zero-order valence-electron chi connectivity index (χ0n) is 11.8. The number of nitrogens with one attached hydrogen (secondary N) is 1. The van der Waals surface area contributed by atoms with Gasteiger partial charge in [0.05, 0.1) is 0 Å². The fourth-order valence-electron chi connectivity index (χ4n) is 4.67. The Kier molecular flexibility index (Phi) is 3.01. The molecule has 2 aliphatic carbocycles. The fraction of sp³-hybridized carbons (Fsp3) is 0.444. The first-order chi connectivity index (χ1) is 9.86. The average molecular weight is 266 g/mol. The first kappa shape index (κ1) is 12.4. The predicted octanol–water partition coefficient (Wildman–Crippen LogP) is 3.78. The summed E-state index contributed by atoms with van der Waals surface area (Å²) in [6.45, 7) is 0. The molecule has 104 valence electrons. The van der Waals surface area contributed by atoms with Crippen molar-refractivity contribution in [2.75, 3.05) is 0 Å². The number of nitrogens with two attached hydrogens (primary N) is 1. The standard InChI is InChI=1S/C18H22N2/c19-20-18(17-11-12-8-9-14(17)10-12)16-7-3-5-13-4-1-2-6-15(13)16/h1-7,12,14,17-18,20H,8-11,19H2. The van der Waals surface area contributed by atoms with Gasteiger partial charge in [0.1, 0.15) is 0 Å². The molecule has 2 heteroatoms. The van der Waals surface area contributed by atoms with Gasteiger partial charge >= 0.3 is 0 Å². The maximum Gasteiger partial charge on any atom is 0.0497 e. The SMILES string of the molecule is NNC(c1cccc2ccccc12)C1CC2CCC1C2. The molecule has 2 aromatic rings. The van der Waals surface area contributed by atoms with Crippen molar-refractivity contribution < 1.29 is 0 Å². The van der Waals surface area contributed by atoms with Crippen LogP contribution in [0.3, 0.4) is 0 Å². The van der Waals surface area contributed by atoms with E-state index in [1.54, 1.807) is 0 Å². The number of rotatable bonds is 3. The van der Waals surface area contributed by atoms with Crippen molar-refractivity contribution in [3.63, 3.8) is 0 Å². The highest BCUT2D eigenvalue weighted by molar-refractivity contribution is 5.86. The van der Waals surface area contributed by atoms with Gasteiger partial charge in [-0.2, -0.15) is 0 Å². The highest BCUT2D eigenvalue weighted by atomic mass is 15.2. The zero-order valence-corrected chi connectivity index (χ0v) is 11.8. The second-order valence-corrected chi connectivity index (χ2v) is 6.55. The molecule has 4 unspecified atom stereocenters. The lowest BCUT2D eigenvalue weighted by Crippen LogP contribution is -2.36. The van der Waals surface area contributed by atoms with Gasteiger partial charge in [0.2, 0.25) is 0 Å². The molecule has 0 aliphatic heterocycles. The average Bonchev–Trinajstić information content (AvgIpc) is 3.11. The molecule has 4 atom stereocenters. The minimum absolute atomic E-state index is 0.302. The van der Waals surface area contributed by atoms with E-state index in [4.69, 9.17) is 5.84 Å². The number of hydrazine groups is 1. The molecule has 20 heavy (non-hydrogen) atoms. The second kappa shape index (κ2) is 4.87. The molecular weight excluding hydrogens is 244 g/mol. The lowest BCUT2D eigenvalue weighted by atomic mass is 9.79. The molecule has 2 aliphatic rings. The molecule has 2 bridgehead atoms. The third-order valence-corrected chi connectivity index (χ3v) is 5.56. The first-order valence-corrected chi connectivity index (χ1v) is 7.80. The van der Waals surface area contributed by atoms with Gasteiger partial charge in [0.25, 0.3) is 0 Å². The lowest BCUT2D eigenvalue weighted by Gasteiger charge is -2.31. The Labute approximate surface area is 120 Å². The Bertz CT molecular complexity index is 616. The van der Waals surface area contributed by atoms with E-state index < -0.39 is 0 Å². The summed E-state index contributed by atoms with van der Waals surface area (Å²) in [5.41, 5.74) is 4.52. The number of hydrogen-bond donors (Lipinski definition) is 2. The molecule has 0 radical (unpaired) electrons. The van der Waals surface area contributed by atoms with Gasteiger partial charge in [-0.05, 0) is 53.4 Å².